The molecular formula is C14H22N2OS. The molecule has 1 aromatic carbocycles. The standard InChI is InChI=1S/C14H22N2OS/c1-14(2,3)16-13(18)15-12(10-17)9-11-7-5-4-6-8-11/h4-8,12,17H,9-10H2,1-3H3,(H2,15,16,18)/t12-/m1/s1. The van der Waals surface area contributed by atoms with E-state index in [9.17, 15) is 5.11 Å². The molecule has 0 aromatic heterocycles. The fraction of sp³-hybridized carbons (Fsp3) is 0.500. The third-order valence-electron chi connectivity index (χ3n) is 2.37. The summed E-state index contributed by atoms with van der Waals surface area (Å²) in [6.07, 6.45) is 0.753. The normalized spacial score (nSPS) is 12.9. The molecule has 3 nitrogen and oxygen atoms in total. The van der Waals surface area contributed by atoms with Crippen LogP contribution >= 0.6 is 12.2 Å². The molecule has 0 amide bonds. The molecule has 0 fully saturated rings. The molecule has 1 rings (SSSR count). The van der Waals surface area contributed by atoms with E-state index in [1.165, 1.54) is 5.56 Å². The Labute approximate surface area is 115 Å². The van der Waals surface area contributed by atoms with E-state index in [2.05, 4.69) is 10.6 Å². The molecule has 1 aromatic rings. The highest BCUT2D eigenvalue weighted by Crippen LogP contribution is 2.03. The maximum atomic E-state index is 9.38. The molecule has 0 aliphatic rings. The third-order valence-corrected chi connectivity index (χ3v) is 2.59. The highest BCUT2D eigenvalue weighted by Gasteiger charge is 2.14. The Bertz CT molecular complexity index is 373. The molecule has 100 valence electrons. The minimum atomic E-state index is -0.0726. The second-order valence-corrected chi connectivity index (χ2v) is 5.83. The number of nitrogens with one attached hydrogen (secondary N) is 2. The zero-order valence-electron chi connectivity index (χ0n) is 11.2. The van der Waals surface area contributed by atoms with Crippen LogP contribution in [0.4, 0.5) is 0 Å². The lowest BCUT2D eigenvalue weighted by Crippen LogP contribution is -2.50. The number of aliphatic hydroxyl groups excluding tert-OH is 1. The van der Waals surface area contributed by atoms with Gasteiger partial charge in [0.1, 0.15) is 0 Å². The highest BCUT2D eigenvalue weighted by molar-refractivity contribution is 7.80. The quantitative estimate of drug-likeness (QED) is 0.728. The Hall–Kier alpha value is -1.13. The summed E-state index contributed by atoms with van der Waals surface area (Å²) in [5.74, 6) is 0. The van der Waals surface area contributed by atoms with Gasteiger partial charge in [0.25, 0.3) is 0 Å². The minimum Gasteiger partial charge on any atom is -0.394 e. The first-order chi connectivity index (χ1) is 8.40. The first kappa shape index (κ1) is 14.9. The first-order valence-corrected chi connectivity index (χ1v) is 6.55. The van der Waals surface area contributed by atoms with E-state index in [4.69, 9.17) is 12.2 Å². The lowest BCUT2D eigenvalue weighted by atomic mass is 10.1. The molecular weight excluding hydrogens is 244 g/mol. The zero-order valence-corrected chi connectivity index (χ0v) is 12.1. The summed E-state index contributed by atoms with van der Waals surface area (Å²) in [5.41, 5.74) is 1.11. The van der Waals surface area contributed by atoms with Crippen LogP contribution in [-0.2, 0) is 6.42 Å². The van der Waals surface area contributed by atoms with E-state index in [0.29, 0.717) is 5.11 Å². The molecule has 0 aliphatic carbocycles. The smallest absolute Gasteiger partial charge is 0.167 e. The van der Waals surface area contributed by atoms with Gasteiger partial charge in [0.05, 0.1) is 12.6 Å². The van der Waals surface area contributed by atoms with E-state index < -0.39 is 0 Å². The number of hydrogen-bond donors (Lipinski definition) is 3. The van der Waals surface area contributed by atoms with Crippen LogP contribution in [0.2, 0.25) is 0 Å². The monoisotopic (exact) mass is 266 g/mol. The maximum Gasteiger partial charge on any atom is 0.167 e. The summed E-state index contributed by atoms with van der Waals surface area (Å²) in [6, 6.07) is 10.0. The van der Waals surface area contributed by atoms with Crippen molar-refractivity contribution in [3.05, 3.63) is 35.9 Å². The molecule has 0 unspecified atom stereocenters. The van der Waals surface area contributed by atoms with Crippen LogP contribution < -0.4 is 10.6 Å². The van der Waals surface area contributed by atoms with Gasteiger partial charge >= 0.3 is 0 Å². The summed E-state index contributed by atoms with van der Waals surface area (Å²) in [5, 5.41) is 16.3. The van der Waals surface area contributed by atoms with Gasteiger partial charge in [-0.05, 0) is 45.0 Å². The fourth-order valence-corrected chi connectivity index (χ4v) is 2.09. The van der Waals surface area contributed by atoms with E-state index in [1.54, 1.807) is 0 Å². The zero-order chi connectivity index (χ0) is 13.6. The average molecular weight is 266 g/mol. The van der Waals surface area contributed by atoms with Crippen molar-refractivity contribution in [1.29, 1.82) is 0 Å². The van der Waals surface area contributed by atoms with Crippen LogP contribution in [0.3, 0.4) is 0 Å². The van der Waals surface area contributed by atoms with E-state index in [-0.39, 0.29) is 18.2 Å². The van der Waals surface area contributed by atoms with Crippen LogP contribution in [0.1, 0.15) is 26.3 Å². The summed E-state index contributed by atoms with van der Waals surface area (Å²) in [6.45, 7) is 6.20. The van der Waals surface area contributed by atoms with E-state index >= 15 is 0 Å². The lowest BCUT2D eigenvalue weighted by Gasteiger charge is -2.26. The predicted octanol–water partition coefficient (Wildman–Crippen LogP) is 1.85. The molecule has 1 atom stereocenters. The Morgan fingerprint density at radius 1 is 1.28 bits per heavy atom. The van der Waals surface area contributed by atoms with Crippen LogP contribution in [0.25, 0.3) is 0 Å². The van der Waals surface area contributed by atoms with Gasteiger partial charge < -0.3 is 15.7 Å². The van der Waals surface area contributed by atoms with Crippen LogP contribution in [0.15, 0.2) is 30.3 Å². The van der Waals surface area contributed by atoms with Crippen LogP contribution in [-0.4, -0.2) is 28.4 Å². The fourth-order valence-electron chi connectivity index (χ4n) is 1.62. The third kappa shape index (κ3) is 5.98. The Morgan fingerprint density at radius 3 is 2.39 bits per heavy atom. The lowest BCUT2D eigenvalue weighted by molar-refractivity contribution is 0.254. The van der Waals surface area contributed by atoms with Gasteiger partial charge in [-0.1, -0.05) is 30.3 Å². The molecule has 0 bridgehead atoms. The number of thiocarbonyl (C=S) groups is 1. The first-order valence-electron chi connectivity index (χ1n) is 6.14. The topological polar surface area (TPSA) is 44.3 Å². The van der Waals surface area contributed by atoms with Crippen molar-refractivity contribution in [2.75, 3.05) is 6.61 Å². The Kier molecular flexibility index (Phi) is 5.56. The van der Waals surface area contributed by atoms with Crippen LogP contribution in [0, 0.1) is 0 Å². The SMILES string of the molecule is CC(C)(C)NC(=S)N[C@@H](CO)Cc1ccccc1. The maximum absolute atomic E-state index is 9.38. The number of benzene rings is 1. The van der Waals surface area contributed by atoms with Crippen molar-refractivity contribution in [3.63, 3.8) is 0 Å². The van der Waals surface area contributed by atoms with Gasteiger partial charge in [0.2, 0.25) is 0 Å². The molecule has 3 N–H and O–H groups in total. The highest BCUT2D eigenvalue weighted by atomic mass is 32.1. The molecule has 0 saturated carbocycles. The molecule has 0 radical (unpaired) electrons. The van der Waals surface area contributed by atoms with Crippen molar-refractivity contribution in [3.8, 4) is 0 Å². The van der Waals surface area contributed by atoms with Crippen molar-refractivity contribution in [2.24, 2.45) is 0 Å². The van der Waals surface area contributed by atoms with Crippen molar-refractivity contribution in [2.45, 2.75) is 38.8 Å². The summed E-state index contributed by atoms with van der Waals surface area (Å²) in [4.78, 5) is 0. The van der Waals surface area contributed by atoms with Gasteiger partial charge in [-0.15, -0.1) is 0 Å². The average Bonchev–Trinajstić information content (AvgIpc) is 2.27. The summed E-state index contributed by atoms with van der Waals surface area (Å²) >= 11 is 5.23. The van der Waals surface area contributed by atoms with E-state index in [0.717, 1.165) is 6.42 Å². The van der Waals surface area contributed by atoms with Gasteiger partial charge in [-0.25, -0.2) is 0 Å². The number of rotatable bonds is 4. The molecule has 0 spiro atoms. The second kappa shape index (κ2) is 6.71. The Balaban J connectivity index is 2.50. The van der Waals surface area contributed by atoms with Crippen molar-refractivity contribution in [1.82, 2.24) is 10.6 Å². The predicted molar refractivity (Wildman–Crippen MR) is 79.6 cm³/mol. The Morgan fingerprint density at radius 2 is 1.89 bits per heavy atom. The van der Waals surface area contributed by atoms with E-state index in [1.807, 2.05) is 51.1 Å². The van der Waals surface area contributed by atoms with Gasteiger partial charge in [0, 0.05) is 5.54 Å². The summed E-state index contributed by atoms with van der Waals surface area (Å²) < 4.78 is 0. The largest absolute Gasteiger partial charge is 0.394 e. The second-order valence-electron chi connectivity index (χ2n) is 5.42. The molecule has 0 saturated heterocycles. The molecule has 0 aliphatic heterocycles. The molecule has 0 heterocycles. The van der Waals surface area contributed by atoms with Gasteiger partial charge in [-0.3, -0.25) is 0 Å². The minimum absolute atomic E-state index is 0.0564. The molecule has 4 heteroatoms. The van der Waals surface area contributed by atoms with Gasteiger partial charge in [0.15, 0.2) is 5.11 Å². The van der Waals surface area contributed by atoms with Crippen LogP contribution in [0.5, 0.6) is 0 Å². The van der Waals surface area contributed by atoms with Crippen molar-refractivity contribution >= 4 is 17.3 Å². The molecule has 18 heavy (non-hydrogen) atoms. The number of hydrogen-bond acceptors (Lipinski definition) is 2. The van der Waals surface area contributed by atoms with Crippen molar-refractivity contribution < 1.29 is 5.11 Å². The number of aliphatic hydroxyl groups is 1. The summed E-state index contributed by atoms with van der Waals surface area (Å²) in [7, 11) is 0. The van der Waals surface area contributed by atoms with Gasteiger partial charge in [-0.2, -0.15) is 0 Å².